The molecule has 0 atom stereocenters. The van der Waals surface area contributed by atoms with E-state index in [2.05, 4.69) is 22.0 Å². The summed E-state index contributed by atoms with van der Waals surface area (Å²) >= 11 is 5.80. The highest BCUT2D eigenvalue weighted by Gasteiger charge is 2.19. The molecule has 2 rings (SSSR count). The van der Waals surface area contributed by atoms with Crippen molar-refractivity contribution in [2.24, 2.45) is 5.92 Å². The highest BCUT2D eigenvalue weighted by atomic mass is 35.5. The van der Waals surface area contributed by atoms with Crippen molar-refractivity contribution in [1.82, 2.24) is 4.98 Å². The second-order valence-corrected chi connectivity index (χ2v) is 4.79. The van der Waals surface area contributed by atoms with E-state index in [0.717, 1.165) is 25.4 Å². The average Bonchev–Trinajstić information content (AvgIpc) is 2.40. The summed E-state index contributed by atoms with van der Waals surface area (Å²) < 4.78 is 5.21. The van der Waals surface area contributed by atoms with Crippen molar-refractivity contribution in [3.05, 3.63) is 24.0 Å². The van der Waals surface area contributed by atoms with Gasteiger partial charge in [0.15, 0.2) is 0 Å². The first kappa shape index (κ1) is 12.7. The number of piperidine rings is 1. The van der Waals surface area contributed by atoms with Gasteiger partial charge in [0.1, 0.15) is 0 Å². The van der Waals surface area contributed by atoms with Crippen LogP contribution in [0, 0.1) is 5.92 Å². The van der Waals surface area contributed by atoms with Crippen molar-refractivity contribution in [2.45, 2.75) is 18.7 Å². The van der Waals surface area contributed by atoms with E-state index in [-0.39, 0.29) is 0 Å². The molecule has 2 heterocycles. The van der Waals surface area contributed by atoms with Crippen LogP contribution in [0.25, 0.3) is 0 Å². The van der Waals surface area contributed by atoms with Crippen LogP contribution < -0.4 is 4.90 Å². The monoisotopic (exact) mass is 254 g/mol. The molecule has 1 aromatic heterocycles. The van der Waals surface area contributed by atoms with Crippen molar-refractivity contribution in [1.29, 1.82) is 0 Å². The maximum atomic E-state index is 5.80. The smallest absolute Gasteiger partial charge is 0.0648 e. The van der Waals surface area contributed by atoms with E-state index in [1.54, 1.807) is 7.11 Å². The van der Waals surface area contributed by atoms with Crippen molar-refractivity contribution in [3.63, 3.8) is 0 Å². The van der Waals surface area contributed by atoms with Gasteiger partial charge >= 0.3 is 0 Å². The van der Waals surface area contributed by atoms with Gasteiger partial charge in [-0.1, -0.05) is 0 Å². The van der Waals surface area contributed by atoms with Crippen molar-refractivity contribution in [2.75, 3.05) is 31.7 Å². The fourth-order valence-electron chi connectivity index (χ4n) is 2.33. The third-order valence-corrected chi connectivity index (χ3v) is 3.59. The molecule has 1 saturated heterocycles. The Labute approximate surface area is 108 Å². The number of hydrogen-bond donors (Lipinski definition) is 0. The average molecular weight is 255 g/mol. The molecule has 0 unspecified atom stereocenters. The van der Waals surface area contributed by atoms with Crippen LogP contribution in [0.5, 0.6) is 0 Å². The molecule has 0 amide bonds. The molecule has 17 heavy (non-hydrogen) atoms. The molecule has 4 heteroatoms. The third kappa shape index (κ3) is 3.33. The quantitative estimate of drug-likeness (QED) is 0.773. The summed E-state index contributed by atoms with van der Waals surface area (Å²) in [4.78, 5) is 6.63. The molecule has 0 aromatic carbocycles. The van der Waals surface area contributed by atoms with Gasteiger partial charge in [-0.15, -0.1) is 11.6 Å². The van der Waals surface area contributed by atoms with Gasteiger partial charge in [-0.2, -0.15) is 0 Å². The van der Waals surface area contributed by atoms with Crippen LogP contribution in [0.15, 0.2) is 18.3 Å². The number of anilines is 1. The molecular weight excluding hydrogens is 236 g/mol. The van der Waals surface area contributed by atoms with Crippen LogP contribution in [0.2, 0.25) is 0 Å². The predicted octanol–water partition coefficient (Wildman–Crippen LogP) is 2.68. The number of rotatable bonds is 4. The minimum Gasteiger partial charge on any atom is -0.384 e. The van der Waals surface area contributed by atoms with E-state index < -0.39 is 0 Å². The number of alkyl halides is 1. The molecule has 0 aliphatic carbocycles. The summed E-state index contributed by atoms with van der Waals surface area (Å²) in [5.41, 5.74) is 2.19. The van der Waals surface area contributed by atoms with E-state index in [0.29, 0.717) is 11.8 Å². The van der Waals surface area contributed by atoms with Gasteiger partial charge < -0.3 is 9.64 Å². The number of halogens is 1. The van der Waals surface area contributed by atoms with Gasteiger partial charge in [-0.25, -0.2) is 0 Å². The maximum absolute atomic E-state index is 5.80. The summed E-state index contributed by atoms with van der Waals surface area (Å²) in [7, 11) is 1.78. The molecule has 0 spiro atoms. The Balaban J connectivity index is 1.95. The first-order valence-corrected chi connectivity index (χ1v) is 6.61. The van der Waals surface area contributed by atoms with E-state index in [1.165, 1.54) is 18.5 Å². The molecule has 0 saturated carbocycles. The summed E-state index contributed by atoms with van der Waals surface area (Å²) in [6.45, 7) is 3.08. The maximum Gasteiger partial charge on any atom is 0.0648 e. The fraction of sp³-hybridized carbons (Fsp3) is 0.615. The molecule has 1 aromatic rings. The number of aromatic nitrogens is 1. The van der Waals surface area contributed by atoms with Crippen LogP contribution in [-0.2, 0) is 10.6 Å². The first-order valence-electron chi connectivity index (χ1n) is 6.08. The lowest BCUT2D eigenvalue weighted by atomic mass is 9.97. The minimum atomic E-state index is 0.480. The molecule has 0 bridgehead atoms. The van der Waals surface area contributed by atoms with Crippen LogP contribution in [-0.4, -0.2) is 31.8 Å². The lowest BCUT2D eigenvalue weighted by molar-refractivity contribution is 0.139. The zero-order valence-electron chi connectivity index (χ0n) is 10.2. The molecule has 1 fully saturated rings. The van der Waals surface area contributed by atoms with Crippen LogP contribution in [0.4, 0.5) is 5.69 Å². The van der Waals surface area contributed by atoms with Gasteiger partial charge in [-0.05, 0) is 30.9 Å². The Morgan fingerprint density at radius 2 is 2.24 bits per heavy atom. The van der Waals surface area contributed by atoms with Crippen LogP contribution >= 0.6 is 11.6 Å². The number of methoxy groups -OCH3 is 1. The zero-order chi connectivity index (χ0) is 12.1. The molecule has 0 radical (unpaired) electrons. The fourth-order valence-corrected chi connectivity index (χ4v) is 2.47. The molecule has 1 aliphatic rings. The summed E-state index contributed by atoms with van der Waals surface area (Å²) in [6.07, 6.45) is 4.24. The van der Waals surface area contributed by atoms with Crippen molar-refractivity contribution in [3.8, 4) is 0 Å². The standard InChI is InChI=1S/C13H19ClN2O/c1-17-10-11-3-6-16(7-4-11)13-2-5-15-12(8-13)9-14/h2,5,8,11H,3-4,6-7,9-10H2,1H3. The number of ether oxygens (including phenoxy) is 1. The first-order chi connectivity index (χ1) is 8.33. The Hall–Kier alpha value is -0.800. The third-order valence-electron chi connectivity index (χ3n) is 3.32. The van der Waals surface area contributed by atoms with Gasteiger partial charge in [0.25, 0.3) is 0 Å². The highest BCUT2D eigenvalue weighted by molar-refractivity contribution is 6.16. The largest absolute Gasteiger partial charge is 0.384 e. The molecule has 1 aliphatic heterocycles. The molecule has 94 valence electrons. The van der Waals surface area contributed by atoms with E-state index in [4.69, 9.17) is 16.3 Å². The van der Waals surface area contributed by atoms with Crippen LogP contribution in [0.1, 0.15) is 18.5 Å². The second kappa shape index (κ2) is 6.22. The topological polar surface area (TPSA) is 25.4 Å². The number of pyridine rings is 1. The predicted molar refractivity (Wildman–Crippen MR) is 70.6 cm³/mol. The van der Waals surface area contributed by atoms with Crippen LogP contribution in [0.3, 0.4) is 0 Å². The van der Waals surface area contributed by atoms with Gasteiger partial charge in [0, 0.05) is 38.7 Å². The lowest BCUT2D eigenvalue weighted by Crippen LogP contribution is -2.35. The Bertz CT molecular complexity index is 351. The van der Waals surface area contributed by atoms with E-state index >= 15 is 0 Å². The normalized spacial score (nSPS) is 17.4. The number of hydrogen-bond acceptors (Lipinski definition) is 3. The Morgan fingerprint density at radius 1 is 1.47 bits per heavy atom. The Morgan fingerprint density at radius 3 is 2.88 bits per heavy atom. The molecular formula is C13H19ClN2O. The molecule has 3 nitrogen and oxygen atoms in total. The van der Waals surface area contributed by atoms with Gasteiger partial charge in [0.05, 0.1) is 11.6 Å². The van der Waals surface area contributed by atoms with Gasteiger partial charge in [-0.3, -0.25) is 4.98 Å². The second-order valence-electron chi connectivity index (χ2n) is 4.52. The lowest BCUT2D eigenvalue weighted by Gasteiger charge is -2.33. The van der Waals surface area contributed by atoms with Crippen molar-refractivity contribution < 1.29 is 4.74 Å². The molecule has 0 N–H and O–H groups in total. The van der Waals surface area contributed by atoms with Gasteiger partial charge in [0.2, 0.25) is 0 Å². The summed E-state index contributed by atoms with van der Waals surface area (Å²) in [5, 5.41) is 0. The van der Waals surface area contributed by atoms with E-state index in [9.17, 15) is 0 Å². The summed E-state index contributed by atoms with van der Waals surface area (Å²) in [5.74, 6) is 1.19. The van der Waals surface area contributed by atoms with Crippen molar-refractivity contribution >= 4 is 17.3 Å². The zero-order valence-corrected chi connectivity index (χ0v) is 11.0. The Kier molecular flexibility index (Phi) is 4.63. The highest BCUT2D eigenvalue weighted by Crippen LogP contribution is 2.23. The minimum absolute atomic E-state index is 0.480. The number of nitrogens with zero attached hydrogens (tertiary/aromatic N) is 2. The van der Waals surface area contributed by atoms with E-state index in [1.807, 2.05) is 6.20 Å². The summed E-state index contributed by atoms with van der Waals surface area (Å²) in [6, 6.07) is 4.15. The SMILES string of the molecule is COCC1CCN(c2ccnc(CCl)c2)CC1.